The van der Waals surface area contributed by atoms with Crippen molar-refractivity contribution in [3.05, 3.63) is 60.0 Å². The van der Waals surface area contributed by atoms with Gasteiger partial charge in [0.1, 0.15) is 17.5 Å². The van der Waals surface area contributed by atoms with E-state index in [2.05, 4.69) is 15.5 Å². The van der Waals surface area contributed by atoms with Crippen LogP contribution >= 0.6 is 0 Å². The van der Waals surface area contributed by atoms with Gasteiger partial charge in [0.2, 0.25) is 5.91 Å². The normalized spacial score (nSPS) is 15.7. The van der Waals surface area contributed by atoms with Crippen molar-refractivity contribution in [2.75, 3.05) is 20.8 Å². The first-order chi connectivity index (χ1) is 16.1. The number of rotatable bonds is 7. The zero-order valence-corrected chi connectivity index (χ0v) is 18.6. The number of pyridine rings is 1. The Balaban J connectivity index is 1.51. The van der Waals surface area contributed by atoms with Crippen LogP contribution in [-0.2, 0) is 11.3 Å². The Morgan fingerprint density at radius 3 is 2.70 bits per heavy atom. The molecular weight excluding hydrogens is 424 g/mol. The van der Waals surface area contributed by atoms with Crippen molar-refractivity contribution in [2.24, 2.45) is 0 Å². The van der Waals surface area contributed by atoms with Gasteiger partial charge in [-0.25, -0.2) is 0 Å². The minimum Gasteiger partial charge on any atom is -0.497 e. The second kappa shape index (κ2) is 10.2. The molecule has 0 spiro atoms. The van der Waals surface area contributed by atoms with Crippen molar-refractivity contribution < 1.29 is 23.6 Å². The highest BCUT2D eigenvalue weighted by Crippen LogP contribution is 2.34. The fraction of sp³-hybridized carbons (Fsp3) is 0.333. The lowest BCUT2D eigenvalue weighted by Gasteiger charge is -2.34. The first kappa shape index (κ1) is 22.3. The van der Waals surface area contributed by atoms with E-state index in [1.807, 2.05) is 12.1 Å². The maximum atomic E-state index is 13.3. The number of ether oxygens (including phenoxy) is 2. The van der Waals surface area contributed by atoms with Gasteiger partial charge in [-0.3, -0.25) is 14.6 Å². The SMILES string of the molecule is COc1ccc(OC)c(-c2cc(C(=O)N3CCCC[C@H]3C(=O)NCc3ccncc3)no2)c1. The molecule has 1 aliphatic rings. The number of hydrogen-bond acceptors (Lipinski definition) is 7. The van der Waals surface area contributed by atoms with Gasteiger partial charge in [0.15, 0.2) is 11.5 Å². The first-order valence-corrected chi connectivity index (χ1v) is 10.8. The smallest absolute Gasteiger partial charge is 0.276 e. The Morgan fingerprint density at radius 2 is 1.94 bits per heavy atom. The molecule has 0 aliphatic carbocycles. The fourth-order valence-electron chi connectivity index (χ4n) is 3.91. The third-order valence-corrected chi connectivity index (χ3v) is 5.68. The van der Waals surface area contributed by atoms with Crippen LogP contribution < -0.4 is 14.8 Å². The van der Waals surface area contributed by atoms with Crippen molar-refractivity contribution in [3.63, 3.8) is 0 Å². The van der Waals surface area contributed by atoms with E-state index in [1.54, 1.807) is 55.8 Å². The molecule has 0 bridgehead atoms. The number of piperidine rings is 1. The number of carbonyl (C=O) groups is 2. The molecule has 0 saturated carbocycles. The highest BCUT2D eigenvalue weighted by Gasteiger charge is 2.34. The van der Waals surface area contributed by atoms with Crippen LogP contribution in [0.2, 0.25) is 0 Å². The second-order valence-corrected chi connectivity index (χ2v) is 7.73. The summed E-state index contributed by atoms with van der Waals surface area (Å²) in [7, 11) is 3.12. The summed E-state index contributed by atoms with van der Waals surface area (Å²) in [6.07, 6.45) is 5.66. The molecule has 1 N–H and O–H groups in total. The van der Waals surface area contributed by atoms with Crippen LogP contribution in [0, 0.1) is 0 Å². The molecular formula is C24H26N4O5. The number of benzene rings is 1. The lowest BCUT2D eigenvalue weighted by Crippen LogP contribution is -2.51. The molecule has 9 heteroatoms. The summed E-state index contributed by atoms with van der Waals surface area (Å²) >= 11 is 0. The summed E-state index contributed by atoms with van der Waals surface area (Å²) < 4.78 is 16.1. The molecule has 2 amide bonds. The van der Waals surface area contributed by atoms with E-state index in [4.69, 9.17) is 14.0 Å². The van der Waals surface area contributed by atoms with E-state index in [9.17, 15) is 9.59 Å². The van der Waals surface area contributed by atoms with Gasteiger partial charge in [0, 0.05) is 31.5 Å². The summed E-state index contributed by atoms with van der Waals surface area (Å²) in [4.78, 5) is 31.7. The maximum absolute atomic E-state index is 13.3. The standard InChI is InChI=1S/C24H26N4O5/c1-31-17-6-7-21(32-2)18(13-17)22-14-19(27-33-22)24(30)28-12-4-3-5-20(28)23(29)26-15-16-8-10-25-11-9-16/h6-11,13-14,20H,3-5,12,15H2,1-2H3,(H,26,29)/t20-/m0/s1. The largest absolute Gasteiger partial charge is 0.497 e. The Labute approximate surface area is 191 Å². The molecule has 1 fully saturated rings. The number of aromatic nitrogens is 2. The predicted octanol–water partition coefficient (Wildman–Crippen LogP) is 3.06. The minimum atomic E-state index is -0.556. The monoisotopic (exact) mass is 450 g/mol. The van der Waals surface area contributed by atoms with Gasteiger partial charge >= 0.3 is 0 Å². The van der Waals surface area contributed by atoms with Gasteiger partial charge in [0.25, 0.3) is 5.91 Å². The quantitative estimate of drug-likeness (QED) is 0.589. The van der Waals surface area contributed by atoms with Gasteiger partial charge in [-0.05, 0) is 55.2 Å². The molecule has 172 valence electrons. The van der Waals surface area contributed by atoms with Gasteiger partial charge in [-0.2, -0.15) is 0 Å². The lowest BCUT2D eigenvalue weighted by atomic mass is 10.0. The van der Waals surface area contributed by atoms with Crippen LogP contribution in [0.15, 0.2) is 53.3 Å². The van der Waals surface area contributed by atoms with Crippen LogP contribution in [0.3, 0.4) is 0 Å². The van der Waals surface area contributed by atoms with Crippen molar-refractivity contribution >= 4 is 11.8 Å². The summed E-state index contributed by atoms with van der Waals surface area (Å²) in [5.74, 6) is 1.05. The van der Waals surface area contributed by atoms with Gasteiger partial charge in [-0.1, -0.05) is 5.16 Å². The molecule has 4 rings (SSSR count). The topological polar surface area (TPSA) is 107 Å². The summed E-state index contributed by atoms with van der Waals surface area (Å²) in [6, 6.07) is 9.98. The molecule has 2 aromatic heterocycles. The number of methoxy groups -OCH3 is 2. The number of carbonyl (C=O) groups excluding carboxylic acids is 2. The van der Waals surface area contributed by atoms with E-state index in [-0.39, 0.29) is 17.5 Å². The van der Waals surface area contributed by atoms with Crippen molar-refractivity contribution in [1.82, 2.24) is 20.4 Å². The molecule has 3 aromatic rings. The van der Waals surface area contributed by atoms with E-state index in [1.165, 1.54) is 0 Å². The molecule has 9 nitrogen and oxygen atoms in total. The summed E-state index contributed by atoms with van der Waals surface area (Å²) in [5, 5.41) is 6.91. The third kappa shape index (κ3) is 4.97. The molecule has 0 unspecified atom stereocenters. The fourth-order valence-corrected chi connectivity index (χ4v) is 3.91. The van der Waals surface area contributed by atoms with Crippen molar-refractivity contribution in [2.45, 2.75) is 31.8 Å². The lowest BCUT2D eigenvalue weighted by molar-refractivity contribution is -0.126. The molecule has 1 aliphatic heterocycles. The number of hydrogen-bond donors (Lipinski definition) is 1. The molecule has 1 saturated heterocycles. The van der Waals surface area contributed by atoms with Gasteiger partial charge in [0.05, 0.1) is 19.8 Å². The Bertz CT molecular complexity index is 1120. The van der Waals surface area contributed by atoms with Crippen LogP contribution in [0.25, 0.3) is 11.3 Å². The molecule has 1 aromatic carbocycles. The third-order valence-electron chi connectivity index (χ3n) is 5.68. The average Bonchev–Trinajstić information content (AvgIpc) is 3.37. The zero-order chi connectivity index (χ0) is 23.2. The molecule has 3 heterocycles. The van der Waals surface area contributed by atoms with Gasteiger partial charge < -0.3 is 24.2 Å². The average molecular weight is 450 g/mol. The zero-order valence-electron chi connectivity index (χ0n) is 18.6. The Hall–Kier alpha value is -3.88. The van der Waals surface area contributed by atoms with Crippen molar-refractivity contribution in [1.29, 1.82) is 0 Å². The molecule has 33 heavy (non-hydrogen) atoms. The van der Waals surface area contributed by atoms with E-state index in [0.717, 1.165) is 18.4 Å². The van der Waals surface area contributed by atoms with Crippen LogP contribution in [0.1, 0.15) is 35.3 Å². The van der Waals surface area contributed by atoms with E-state index < -0.39 is 6.04 Å². The second-order valence-electron chi connectivity index (χ2n) is 7.73. The number of nitrogens with one attached hydrogen (secondary N) is 1. The molecule has 1 atom stereocenters. The summed E-state index contributed by atoms with van der Waals surface area (Å²) in [6.45, 7) is 0.862. The Kier molecular flexibility index (Phi) is 6.87. The number of amides is 2. The summed E-state index contributed by atoms with van der Waals surface area (Å²) in [5.41, 5.74) is 1.71. The van der Waals surface area contributed by atoms with Crippen molar-refractivity contribution in [3.8, 4) is 22.8 Å². The van der Waals surface area contributed by atoms with E-state index >= 15 is 0 Å². The first-order valence-electron chi connectivity index (χ1n) is 10.8. The maximum Gasteiger partial charge on any atom is 0.276 e. The van der Waals surface area contributed by atoms with Crippen LogP contribution in [-0.4, -0.2) is 53.7 Å². The Morgan fingerprint density at radius 1 is 1.12 bits per heavy atom. The van der Waals surface area contributed by atoms with Crippen LogP contribution in [0.5, 0.6) is 11.5 Å². The number of likely N-dealkylation sites (tertiary alicyclic amines) is 1. The van der Waals surface area contributed by atoms with Crippen LogP contribution in [0.4, 0.5) is 0 Å². The number of nitrogens with zero attached hydrogens (tertiary/aromatic N) is 3. The highest BCUT2D eigenvalue weighted by atomic mass is 16.5. The molecule has 0 radical (unpaired) electrons. The van der Waals surface area contributed by atoms with E-state index in [0.29, 0.717) is 42.3 Å². The van der Waals surface area contributed by atoms with Gasteiger partial charge in [-0.15, -0.1) is 0 Å². The minimum absolute atomic E-state index is 0.142. The highest BCUT2D eigenvalue weighted by molar-refractivity contribution is 5.97. The predicted molar refractivity (Wildman–Crippen MR) is 120 cm³/mol.